The highest BCUT2D eigenvalue weighted by atomic mass is 35.5. The van der Waals surface area contributed by atoms with E-state index in [1.807, 2.05) is 0 Å². The number of aliphatic carboxylic acids is 1. The Morgan fingerprint density at radius 1 is 1.33 bits per heavy atom. The molecule has 0 saturated carbocycles. The summed E-state index contributed by atoms with van der Waals surface area (Å²) >= 11 is 7.02. The van der Waals surface area contributed by atoms with Crippen molar-refractivity contribution in [2.75, 3.05) is 7.11 Å². The van der Waals surface area contributed by atoms with Crippen LogP contribution in [0.4, 0.5) is 17.6 Å². The molecule has 0 aliphatic heterocycles. The van der Waals surface area contributed by atoms with Crippen molar-refractivity contribution in [3.05, 3.63) is 45.4 Å². The maximum absolute atomic E-state index is 13.1. The minimum absolute atomic E-state index is 0.179. The molecule has 1 aromatic carbocycles. The fraction of sp³-hybridized carbons (Fsp3) is 0.316. The number of alkyl halides is 4. The monoisotopic (exact) mass is 465 g/mol. The normalized spacial score (nSPS) is 12.0. The zero-order chi connectivity index (χ0) is 22.2. The Labute approximate surface area is 177 Å². The number of benzene rings is 1. The largest absolute Gasteiger partial charge is 0.495 e. The molecule has 0 radical (unpaired) electrons. The van der Waals surface area contributed by atoms with Gasteiger partial charge in [-0.05, 0) is 36.8 Å². The third-order valence-electron chi connectivity index (χ3n) is 4.50. The number of carboxylic acid groups (broad SMARTS) is 1. The molecule has 30 heavy (non-hydrogen) atoms. The molecule has 2 heterocycles. The molecular formula is C19H16ClF4NO4S. The van der Waals surface area contributed by atoms with E-state index in [2.05, 4.69) is 4.74 Å². The van der Waals surface area contributed by atoms with Crippen LogP contribution in [0.5, 0.6) is 10.8 Å². The highest BCUT2D eigenvalue weighted by Gasteiger charge is 2.44. The quantitative estimate of drug-likeness (QED) is 0.441. The Bertz CT molecular complexity index is 1100. The van der Waals surface area contributed by atoms with E-state index in [1.165, 1.54) is 19.2 Å². The number of hydrogen-bond acceptors (Lipinski definition) is 4. The molecule has 0 atom stereocenters. The van der Waals surface area contributed by atoms with Gasteiger partial charge in [0.1, 0.15) is 5.75 Å². The topological polar surface area (TPSA) is 60.7 Å². The second-order valence-electron chi connectivity index (χ2n) is 6.41. The van der Waals surface area contributed by atoms with Gasteiger partial charge in [-0.1, -0.05) is 11.6 Å². The standard InChI is InChI=1S/C19H16ClF4NO4S/c1-9-11(6-16(26)27)12-5-15(28-2)13(20)7-14(12)25(9)8-10-3-4-17(30-10)29-19(23,24)18(21)22/h3-5,7,18H,6,8H2,1-2H3,(H,26,27). The molecular weight excluding hydrogens is 450 g/mol. The summed E-state index contributed by atoms with van der Waals surface area (Å²) in [5, 5.41) is 9.87. The number of ether oxygens (including phenoxy) is 2. The summed E-state index contributed by atoms with van der Waals surface area (Å²) in [4.78, 5) is 11.9. The van der Waals surface area contributed by atoms with Crippen molar-refractivity contribution >= 4 is 39.8 Å². The van der Waals surface area contributed by atoms with Crippen molar-refractivity contribution in [1.82, 2.24) is 4.57 Å². The number of thiophene rings is 1. The number of halogens is 5. The van der Waals surface area contributed by atoms with Crippen LogP contribution in [-0.2, 0) is 17.8 Å². The summed E-state index contributed by atoms with van der Waals surface area (Å²) in [6.45, 7) is 1.91. The number of fused-ring (bicyclic) bond motifs is 1. The molecule has 0 aliphatic rings. The van der Waals surface area contributed by atoms with Gasteiger partial charge in [-0.2, -0.15) is 17.6 Å². The first-order valence-corrected chi connectivity index (χ1v) is 9.73. The van der Waals surface area contributed by atoms with Gasteiger partial charge >= 0.3 is 18.5 Å². The van der Waals surface area contributed by atoms with Gasteiger partial charge in [0, 0.05) is 16.0 Å². The van der Waals surface area contributed by atoms with Gasteiger partial charge in [-0.15, -0.1) is 11.3 Å². The predicted molar refractivity (Wildman–Crippen MR) is 105 cm³/mol. The fourth-order valence-electron chi connectivity index (χ4n) is 3.11. The lowest BCUT2D eigenvalue weighted by Gasteiger charge is -2.14. The Morgan fingerprint density at radius 2 is 2.03 bits per heavy atom. The van der Waals surface area contributed by atoms with Crippen LogP contribution in [0.2, 0.25) is 5.02 Å². The SMILES string of the molecule is COc1cc2c(CC(=O)O)c(C)n(Cc3ccc(OC(F)(F)C(F)F)s3)c2cc1Cl. The average molecular weight is 466 g/mol. The second-order valence-corrected chi connectivity index (χ2v) is 7.95. The van der Waals surface area contributed by atoms with Gasteiger partial charge in [0.05, 0.1) is 30.6 Å². The van der Waals surface area contributed by atoms with E-state index >= 15 is 0 Å². The first-order chi connectivity index (χ1) is 14.0. The highest BCUT2D eigenvalue weighted by molar-refractivity contribution is 7.13. The van der Waals surface area contributed by atoms with Crippen LogP contribution < -0.4 is 9.47 Å². The van der Waals surface area contributed by atoms with Crippen LogP contribution in [0, 0.1) is 6.92 Å². The number of carbonyl (C=O) groups is 1. The number of hydrogen-bond donors (Lipinski definition) is 1. The fourth-order valence-corrected chi connectivity index (χ4v) is 4.23. The Kier molecular flexibility index (Phi) is 6.19. The van der Waals surface area contributed by atoms with E-state index in [0.717, 1.165) is 11.3 Å². The summed E-state index contributed by atoms with van der Waals surface area (Å²) < 4.78 is 62.0. The Morgan fingerprint density at radius 3 is 2.63 bits per heavy atom. The lowest BCUT2D eigenvalue weighted by molar-refractivity contribution is -0.251. The van der Waals surface area contributed by atoms with Crippen molar-refractivity contribution in [3.8, 4) is 10.8 Å². The maximum atomic E-state index is 13.1. The molecule has 2 aromatic heterocycles. The van der Waals surface area contributed by atoms with Crippen molar-refractivity contribution in [3.63, 3.8) is 0 Å². The van der Waals surface area contributed by atoms with Gasteiger partial charge in [0.2, 0.25) is 0 Å². The van der Waals surface area contributed by atoms with Crippen molar-refractivity contribution in [2.24, 2.45) is 0 Å². The molecule has 1 N–H and O–H groups in total. The zero-order valence-corrected chi connectivity index (χ0v) is 17.3. The summed E-state index contributed by atoms with van der Waals surface area (Å²) in [5.41, 5.74) is 1.83. The van der Waals surface area contributed by atoms with Crippen LogP contribution in [0.3, 0.4) is 0 Å². The lowest BCUT2D eigenvalue weighted by Crippen LogP contribution is -2.33. The first-order valence-electron chi connectivity index (χ1n) is 8.54. The van der Waals surface area contributed by atoms with Crippen LogP contribution in [0.1, 0.15) is 16.1 Å². The van der Waals surface area contributed by atoms with Gasteiger partial charge in [-0.3, -0.25) is 4.79 Å². The highest BCUT2D eigenvalue weighted by Crippen LogP contribution is 2.37. The summed E-state index contributed by atoms with van der Waals surface area (Å²) in [7, 11) is 1.44. The molecule has 0 saturated heterocycles. The molecule has 3 rings (SSSR count). The summed E-state index contributed by atoms with van der Waals surface area (Å²) in [6.07, 6.45) is -8.77. The number of methoxy groups -OCH3 is 1. The minimum Gasteiger partial charge on any atom is -0.495 e. The van der Waals surface area contributed by atoms with Gasteiger partial charge in [0.25, 0.3) is 0 Å². The molecule has 0 aliphatic carbocycles. The molecule has 162 valence electrons. The van der Waals surface area contributed by atoms with E-state index in [1.54, 1.807) is 23.6 Å². The second kappa shape index (κ2) is 8.35. The van der Waals surface area contributed by atoms with Gasteiger partial charge < -0.3 is 19.1 Å². The molecule has 0 fully saturated rings. The summed E-state index contributed by atoms with van der Waals surface area (Å²) in [5.74, 6) is -0.638. The predicted octanol–water partition coefficient (Wildman–Crippen LogP) is 5.59. The molecule has 0 unspecified atom stereocenters. The van der Waals surface area contributed by atoms with Gasteiger partial charge in [-0.25, -0.2) is 0 Å². The molecule has 0 spiro atoms. The van der Waals surface area contributed by atoms with E-state index in [9.17, 15) is 27.5 Å². The van der Waals surface area contributed by atoms with Crippen LogP contribution in [0.15, 0.2) is 24.3 Å². The van der Waals surface area contributed by atoms with E-state index in [0.29, 0.717) is 37.8 Å². The summed E-state index contributed by atoms with van der Waals surface area (Å²) in [6, 6.07) is 5.94. The number of carboxylic acids is 1. The minimum atomic E-state index is -4.59. The molecule has 3 aromatic rings. The maximum Gasteiger partial charge on any atom is 0.461 e. The van der Waals surface area contributed by atoms with Crippen LogP contribution in [0.25, 0.3) is 10.9 Å². The third kappa shape index (κ3) is 4.34. The average Bonchev–Trinajstić information content (AvgIpc) is 3.18. The van der Waals surface area contributed by atoms with E-state index < -0.39 is 18.5 Å². The molecule has 11 heteroatoms. The smallest absolute Gasteiger partial charge is 0.461 e. The van der Waals surface area contributed by atoms with Crippen LogP contribution >= 0.6 is 22.9 Å². The van der Waals surface area contributed by atoms with E-state index in [-0.39, 0.29) is 18.0 Å². The van der Waals surface area contributed by atoms with E-state index in [4.69, 9.17) is 16.3 Å². The third-order valence-corrected chi connectivity index (χ3v) is 5.74. The zero-order valence-electron chi connectivity index (χ0n) is 15.7. The first kappa shape index (κ1) is 22.2. The lowest BCUT2D eigenvalue weighted by atomic mass is 10.1. The Hall–Kier alpha value is -2.46. The van der Waals surface area contributed by atoms with Gasteiger partial charge in [0.15, 0.2) is 5.06 Å². The van der Waals surface area contributed by atoms with Crippen molar-refractivity contribution in [2.45, 2.75) is 32.4 Å². The number of aromatic nitrogens is 1. The number of nitrogens with zero attached hydrogens (tertiary/aromatic N) is 1. The molecule has 0 amide bonds. The number of rotatable bonds is 8. The molecule has 5 nitrogen and oxygen atoms in total. The Balaban J connectivity index is 2.01. The van der Waals surface area contributed by atoms with Crippen molar-refractivity contribution < 1.29 is 36.9 Å². The van der Waals surface area contributed by atoms with Crippen LogP contribution in [-0.4, -0.2) is 35.3 Å². The molecule has 0 bridgehead atoms. The van der Waals surface area contributed by atoms with Crippen molar-refractivity contribution in [1.29, 1.82) is 0 Å².